The van der Waals surface area contributed by atoms with E-state index in [0.717, 1.165) is 43.3 Å². The molecule has 108 valence electrons. The van der Waals surface area contributed by atoms with Crippen molar-refractivity contribution in [3.63, 3.8) is 0 Å². The first-order chi connectivity index (χ1) is 9.67. The maximum atomic E-state index is 5.25. The number of rotatable bonds is 4. The van der Waals surface area contributed by atoms with E-state index in [1.54, 1.807) is 0 Å². The lowest BCUT2D eigenvalue weighted by molar-refractivity contribution is 0.396. The lowest BCUT2D eigenvalue weighted by Gasteiger charge is -2.21. The fraction of sp³-hybridized carbons (Fsp3) is 0.692. The molecule has 0 radical (unpaired) electrons. The first kappa shape index (κ1) is 13.1. The number of fused-ring (bicyclic) bond motifs is 1. The quantitative estimate of drug-likeness (QED) is 0.922. The zero-order valence-electron chi connectivity index (χ0n) is 12.1. The van der Waals surface area contributed by atoms with Gasteiger partial charge in [0.25, 0.3) is 0 Å². The van der Waals surface area contributed by atoms with Gasteiger partial charge in [-0.3, -0.25) is 0 Å². The molecule has 0 aromatic carbocycles. The Kier molecular flexibility index (Phi) is 3.42. The smallest absolute Gasteiger partial charge is 0.322 e. The highest BCUT2D eigenvalue weighted by molar-refractivity contribution is 5.24. The summed E-state index contributed by atoms with van der Waals surface area (Å²) in [5.74, 6) is 2.84. The van der Waals surface area contributed by atoms with Gasteiger partial charge in [0, 0.05) is 18.9 Å². The first-order valence-corrected chi connectivity index (χ1v) is 7.21. The molecule has 0 bridgehead atoms. The molecule has 7 nitrogen and oxygen atoms in total. The van der Waals surface area contributed by atoms with Crippen molar-refractivity contribution in [1.82, 2.24) is 24.9 Å². The third-order valence-electron chi connectivity index (χ3n) is 3.49. The van der Waals surface area contributed by atoms with E-state index in [2.05, 4.69) is 32.5 Å². The van der Waals surface area contributed by atoms with Crippen LogP contribution in [0.25, 0.3) is 0 Å². The molecule has 0 aliphatic carbocycles. The fourth-order valence-corrected chi connectivity index (χ4v) is 2.36. The van der Waals surface area contributed by atoms with Crippen LogP contribution in [0.1, 0.15) is 63.0 Å². The van der Waals surface area contributed by atoms with Gasteiger partial charge < -0.3 is 9.84 Å². The molecule has 3 heterocycles. The third kappa shape index (κ3) is 2.39. The molecule has 1 aliphatic rings. The van der Waals surface area contributed by atoms with E-state index >= 15 is 0 Å². The number of hydrogen-bond donors (Lipinski definition) is 1. The van der Waals surface area contributed by atoms with Gasteiger partial charge in [-0.2, -0.15) is 10.1 Å². The number of hydrogen-bond acceptors (Lipinski definition) is 6. The number of aryl methyl sites for hydroxylation is 2. The van der Waals surface area contributed by atoms with Gasteiger partial charge in [0.1, 0.15) is 5.82 Å². The fourth-order valence-electron chi connectivity index (χ4n) is 2.36. The second-order valence-corrected chi connectivity index (χ2v) is 5.41. The van der Waals surface area contributed by atoms with Gasteiger partial charge >= 0.3 is 6.01 Å². The molecule has 1 aliphatic heterocycles. The summed E-state index contributed by atoms with van der Waals surface area (Å²) in [5.41, 5.74) is 0. The molecule has 20 heavy (non-hydrogen) atoms. The number of nitrogens with one attached hydrogen (secondary N) is 1. The van der Waals surface area contributed by atoms with Gasteiger partial charge in [0.15, 0.2) is 11.6 Å². The summed E-state index contributed by atoms with van der Waals surface area (Å²) in [4.78, 5) is 8.95. The van der Waals surface area contributed by atoms with E-state index in [1.165, 1.54) is 0 Å². The molecule has 1 N–H and O–H groups in total. The van der Waals surface area contributed by atoms with E-state index in [4.69, 9.17) is 4.52 Å². The van der Waals surface area contributed by atoms with Crippen LogP contribution in [0.2, 0.25) is 0 Å². The summed E-state index contributed by atoms with van der Waals surface area (Å²) in [6.45, 7) is 7.08. The minimum Gasteiger partial charge on any atom is -0.328 e. The third-order valence-corrected chi connectivity index (χ3v) is 3.49. The molecule has 1 unspecified atom stereocenters. The Hall–Kier alpha value is -1.92. The predicted octanol–water partition coefficient (Wildman–Crippen LogP) is 2.29. The zero-order valence-corrected chi connectivity index (χ0v) is 12.1. The Morgan fingerprint density at radius 2 is 2.25 bits per heavy atom. The highest BCUT2D eigenvalue weighted by Crippen LogP contribution is 2.27. The Labute approximate surface area is 117 Å². The molecule has 1 atom stereocenters. The average Bonchev–Trinajstić information content (AvgIpc) is 3.05. The van der Waals surface area contributed by atoms with Gasteiger partial charge in [-0.15, -0.1) is 0 Å². The molecule has 0 amide bonds. The minimum atomic E-state index is 0.0945. The standard InChI is InChI=1S/C13H20N6O/c1-4-10-15-12-9(6-5-7-19(12)17-10)14-13-16-11(8(2)3)18-20-13/h8-9H,4-7H2,1-3H3,(H,14,16,18). The zero-order chi connectivity index (χ0) is 14.1. The summed E-state index contributed by atoms with van der Waals surface area (Å²) in [7, 11) is 0. The highest BCUT2D eigenvalue weighted by atomic mass is 16.5. The molecule has 7 heteroatoms. The maximum absolute atomic E-state index is 5.25. The Morgan fingerprint density at radius 3 is 2.95 bits per heavy atom. The van der Waals surface area contributed by atoms with Crippen LogP contribution in [-0.2, 0) is 13.0 Å². The van der Waals surface area contributed by atoms with Gasteiger partial charge in [0.2, 0.25) is 0 Å². The van der Waals surface area contributed by atoms with Crippen LogP contribution in [0.15, 0.2) is 4.52 Å². The van der Waals surface area contributed by atoms with Crippen LogP contribution in [-0.4, -0.2) is 24.9 Å². The van der Waals surface area contributed by atoms with Crippen molar-refractivity contribution in [1.29, 1.82) is 0 Å². The van der Waals surface area contributed by atoms with Crippen LogP contribution in [0.5, 0.6) is 0 Å². The first-order valence-electron chi connectivity index (χ1n) is 7.21. The van der Waals surface area contributed by atoms with Crippen molar-refractivity contribution in [3.8, 4) is 0 Å². The van der Waals surface area contributed by atoms with E-state index in [9.17, 15) is 0 Å². The van der Waals surface area contributed by atoms with Gasteiger partial charge in [-0.25, -0.2) is 9.67 Å². The monoisotopic (exact) mass is 276 g/mol. The van der Waals surface area contributed by atoms with Crippen LogP contribution in [0.4, 0.5) is 6.01 Å². The molecular formula is C13H20N6O. The number of aromatic nitrogens is 5. The molecule has 3 rings (SSSR count). The molecular weight excluding hydrogens is 256 g/mol. The van der Waals surface area contributed by atoms with Gasteiger partial charge in [-0.1, -0.05) is 25.9 Å². The Morgan fingerprint density at radius 1 is 1.40 bits per heavy atom. The summed E-state index contributed by atoms with van der Waals surface area (Å²) in [6.07, 6.45) is 2.92. The Bertz CT molecular complexity index is 587. The van der Waals surface area contributed by atoms with Crippen molar-refractivity contribution in [2.45, 2.75) is 58.5 Å². The number of anilines is 1. The second-order valence-electron chi connectivity index (χ2n) is 5.41. The molecule has 0 saturated heterocycles. The van der Waals surface area contributed by atoms with Crippen molar-refractivity contribution >= 4 is 6.01 Å². The molecule has 0 fully saturated rings. The van der Waals surface area contributed by atoms with E-state index < -0.39 is 0 Å². The molecule has 2 aromatic heterocycles. The van der Waals surface area contributed by atoms with Crippen LogP contribution in [0.3, 0.4) is 0 Å². The van der Waals surface area contributed by atoms with Crippen molar-refractivity contribution in [2.24, 2.45) is 0 Å². The van der Waals surface area contributed by atoms with Crippen LogP contribution >= 0.6 is 0 Å². The Balaban J connectivity index is 1.79. The highest BCUT2D eigenvalue weighted by Gasteiger charge is 2.25. The second kappa shape index (κ2) is 5.22. The molecule has 0 saturated carbocycles. The van der Waals surface area contributed by atoms with Gasteiger partial charge in [0.05, 0.1) is 6.04 Å². The van der Waals surface area contributed by atoms with E-state index in [-0.39, 0.29) is 12.0 Å². The summed E-state index contributed by atoms with van der Waals surface area (Å²) in [5, 5.41) is 11.7. The summed E-state index contributed by atoms with van der Waals surface area (Å²) in [6, 6.07) is 0.560. The normalized spacial score (nSPS) is 18.3. The van der Waals surface area contributed by atoms with E-state index in [0.29, 0.717) is 6.01 Å². The number of nitrogens with zero attached hydrogens (tertiary/aromatic N) is 5. The summed E-state index contributed by atoms with van der Waals surface area (Å²) < 4.78 is 7.23. The SMILES string of the molecule is CCc1nc2n(n1)CCCC2Nc1nc(C(C)C)no1. The average molecular weight is 276 g/mol. The van der Waals surface area contributed by atoms with Crippen LogP contribution in [0, 0.1) is 0 Å². The van der Waals surface area contributed by atoms with Crippen molar-refractivity contribution in [3.05, 3.63) is 17.5 Å². The van der Waals surface area contributed by atoms with Crippen molar-refractivity contribution in [2.75, 3.05) is 5.32 Å². The topological polar surface area (TPSA) is 81.7 Å². The molecule has 0 spiro atoms. The maximum Gasteiger partial charge on any atom is 0.322 e. The van der Waals surface area contributed by atoms with Crippen LogP contribution < -0.4 is 5.32 Å². The van der Waals surface area contributed by atoms with Crippen molar-refractivity contribution < 1.29 is 4.52 Å². The van der Waals surface area contributed by atoms with Gasteiger partial charge in [-0.05, 0) is 12.8 Å². The largest absolute Gasteiger partial charge is 0.328 e. The summed E-state index contributed by atoms with van der Waals surface area (Å²) >= 11 is 0. The minimum absolute atomic E-state index is 0.0945. The lowest BCUT2D eigenvalue weighted by atomic mass is 10.1. The predicted molar refractivity (Wildman–Crippen MR) is 73.4 cm³/mol. The lowest BCUT2D eigenvalue weighted by Crippen LogP contribution is -2.22. The van der Waals surface area contributed by atoms with E-state index in [1.807, 2.05) is 18.5 Å². The molecule has 2 aromatic rings.